The lowest BCUT2D eigenvalue weighted by atomic mass is 9.91. The largest absolute Gasteiger partial charge is 0.460 e. The van der Waals surface area contributed by atoms with Crippen LogP contribution in [0.2, 0.25) is 0 Å². The molecule has 1 aliphatic rings. The molecule has 2 atom stereocenters. The average molecular weight is 424 g/mol. The van der Waals surface area contributed by atoms with Gasteiger partial charge in [-0.15, -0.1) is 0 Å². The van der Waals surface area contributed by atoms with Crippen LogP contribution in [0.5, 0.6) is 0 Å². The predicted octanol–water partition coefficient (Wildman–Crippen LogP) is 3.71. The molecule has 0 aromatic carbocycles. The first-order chi connectivity index (χ1) is 14.9. The number of pyridine rings is 2. The van der Waals surface area contributed by atoms with E-state index in [0.29, 0.717) is 17.1 Å². The van der Waals surface area contributed by atoms with Gasteiger partial charge in [0.15, 0.2) is 17.4 Å². The van der Waals surface area contributed by atoms with Crippen LogP contribution in [0.15, 0.2) is 40.9 Å². The summed E-state index contributed by atoms with van der Waals surface area (Å²) in [6.07, 6.45) is 5.38. The maximum atomic E-state index is 14.7. The highest BCUT2D eigenvalue weighted by Gasteiger charge is 2.24. The molecule has 0 aliphatic heterocycles. The highest BCUT2D eigenvalue weighted by Crippen LogP contribution is 2.28. The topological polar surface area (TPSA) is 132 Å². The minimum atomic E-state index is -0.786. The van der Waals surface area contributed by atoms with Gasteiger partial charge in [-0.05, 0) is 50.1 Å². The zero-order valence-corrected chi connectivity index (χ0v) is 17.2. The van der Waals surface area contributed by atoms with Crippen molar-refractivity contribution in [1.29, 1.82) is 0 Å². The molecule has 1 amide bonds. The lowest BCUT2D eigenvalue weighted by molar-refractivity contribution is 0.100. The van der Waals surface area contributed by atoms with Crippen LogP contribution in [0, 0.1) is 12.7 Å². The van der Waals surface area contributed by atoms with Crippen molar-refractivity contribution in [2.24, 2.45) is 11.5 Å². The Bertz CT molecular complexity index is 1100. The summed E-state index contributed by atoms with van der Waals surface area (Å²) in [7, 11) is 0. The number of hydrogen-bond donors (Lipinski definition) is 4. The van der Waals surface area contributed by atoms with Gasteiger partial charge < -0.3 is 26.5 Å². The van der Waals surface area contributed by atoms with E-state index in [4.69, 9.17) is 15.9 Å². The zero-order chi connectivity index (χ0) is 22.0. The summed E-state index contributed by atoms with van der Waals surface area (Å²) in [6.45, 7) is 1.85. The molecule has 9 heteroatoms. The number of nitrogens with one attached hydrogen (secondary N) is 2. The smallest absolute Gasteiger partial charge is 0.252 e. The van der Waals surface area contributed by atoms with Gasteiger partial charge in [-0.1, -0.05) is 12.8 Å². The van der Waals surface area contributed by atoms with E-state index < -0.39 is 11.7 Å². The molecule has 4 rings (SSSR count). The fourth-order valence-corrected chi connectivity index (χ4v) is 3.74. The average Bonchev–Trinajstić information content (AvgIpc) is 3.18. The van der Waals surface area contributed by atoms with Crippen molar-refractivity contribution in [2.45, 2.75) is 44.7 Å². The van der Waals surface area contributed by atoms with Gasteiger partial charge in [0.2, 0.25) is 0 Å². The van der Waals surface area contributed by atoms with Gasteiger partial charge in [0, 0.05) is 24.0 Å². The van der Waals surface area contributed by atoms with Crippen molar-refractivity contribution >= 4 is 23.2 Å². The van der Waals surface area contributed by atoms with Crippen LogP contribution < -0.4 is 22.1 Å². The number of halogens is 1. The van der Waals surface area contributed by atoms with Crippen LogP contribution in [0.1, 0.15) is 41.8 Å². The van der Waals surface area contributed by atoms with Gasteiger partial charge in [-0.25, -0.2) is 9.37 Å². The number of hydrogen-bond acceptors (Lipinski definition) is 7. The van der Waals surface area contributed by atoms with Gasteiger partial charge in [0.25, 0.3) is 5.91 Å². The molecule has 1 saturated carbocycles. The van der Waals surface area contributed by atoms with E-state index in [1.807, 2.05) is 19.1 Å². The molecule has 3 aromatic rings. The first-order valence-electron chi connectivity index (χ1n) is 10.2. The molecule has 162 valence electrons. The molecule has 0 saturated heterocycles. The summed E-state index contributed by atoms with van der Waals surface area (Å²) in [5, 5.41) is 6.16. The zero-order valence-electron chi connectivity index (χ0n) is 17.2. The number of carbonyl (C=O) groups excluding carboxylic acids is 1. The van der Waals surface area contributed by atoms with Crippen LogP contribution in [0.3, 0.4) is 0 Å². The van der Waals surface area contributed by atoms with Crippen LogP contribution in [-0.4, -0.2) is 28.0 Å². The molecular weight excluding hydrogens is 399 g/mol. The second-order valence-corrected chi connectivity index (χ2v) is 7.74. The Morgan fingerprint density at radius 1 is 1.19 bits per heavy atom. The van der Waals surface area contributed by atoms with Crippen LogP contribution in [0.4, 0.5) is 21.7 Å². The monoisotopic (exact) mass is 424 g/mol. The van der Waals surface area contributed by atoms with Crippen LogP contribution in [0.25, 0.3) is 11.5 Å². The van der Waals surface area contributed by atoms with E-state index in [-0.39, 0.29) is 29.3 Å². The Hall–Kier alpha value is -3.46. The second-order valence-electron chi connectivity index (χ2n) is 7.74. The first-order valence-corrected chi connectivity index (χ1v) is 10.2. The number of amides is 1. The summed E-state index contributed by atoms with van der Waals surface area (Å²) in [5.74, 6) is 0.115. The third kappa shape index (κ3) is 4.66. The third-order valence-corrected chi connectivity index (χ3v) is 5.40. The number of nitrogens with zero attached hydrogens (tertiary/aromatic N) is 2. The maximum Gasteiger partial charge on any atom is 0.252 e. The van der Waals surface area contributed by atoms with Crippen molar-refractivity contribution in [3.05, 3.63) is 53.7 Å². The van der Waals surface area contributed by atoms with Crippen molar-refractivity contribution in [3.8, 4) is 11.5 Å². The van der Waals surface area contributed by atoms with Crippen molar-refractivity contribution in [2.75, 3.05) is 10.6 Å². The summed E-state index contributed by atoms with van der Waals surface area (Å²) >= 11 is 0. The van der Waals surface area contributed by atoms with E-state index in [0.717, 1.165) is 37.5 Å². The van der Waals surface area contributed by atoms with Gasteiger partial charge in [0.1, 0.15) is 17.3 Å². The number of furan rings is 1. The molecule has 0 radical (unpaired) electrons. The highest BCUT2D eigenvalue weighted by atomic mass is 19.1. The number of aryl methyl sites for hydroxylation is 1. The van der Waals surface area contributed by atoms with Crippen molar-refractivity contribution in [3.63, 3.8) is 0 Å². The third-order valence-electron chi connectivity index (χ3n) is 5.40. The minimum Gasteiger partial charge on any atom is -0.460 e. The lowest BCUT2D eigenvalue weighted by Gasteiger charge is -2.30. The Morgan fingerprint density at radius 3 is 2.71 bits per heavy atom. The molecule has 1 aliphatic carbocycles. The van der Waals surface area contributed by atoms with Crippen LogP contribution >= 0.6 is 0 Å². The second kappa shape index (κ2) is 8.73. The Labute approximate surface area is 179 Å². The molecule has 1 fully saturated rings. The van der Waals surface area contributed by atoms with E-state index in [1.165, 1.54) is 0 Å². The van der Waals surface area contributed by atoms with E-state index in [2.05, 4.69) is 20.6 Å². The van der Waals surface area contributed by atoms with E-state index in [1.54, 1.807) is 18.3 Å². The summed E-state index contributed by atoms with van der Waals surface area (Å²) < 4.78 is 20.3. The number of nitrogens with two attached hydrogens (primary N) is 2. The number of rotatable bonds is 6. The predicted molar refractivity (Wildman–Crippen MR) is 117 cm³/mol. The standard InChI is InChI=1S/C22H25FN6O2/c1-12-6-7-19(31-12)18-10-13(8-9-26-18)27-21-14(20(25)30)11-15(23)22(29-21)28-17-5-3-2-4-16(17)24/h6-11,16-17H,2-5,24H2,1H3,(H2,25,30)(H2,26,27,28,29)/t16-,17?/m0/s1. The SMILES string of the molecule is Cc1ccc(-c2cc(Nc3nc(NC4CCCC[C@@H]4N)c(F)cc3C(N)=O)ccn2)o1. The van der Waals surface area contributed by atoms with Gasteiger partial charge >= 0.3 is 0 Å². The minimum absolute atomic E-state index is 0.0331. The number of carbonyl (C=O) groups is 1. The van der Waals surface area contributed by atoms with Gasteiger partial charge in [-0.3, -0.25) is 9.78 Å². The molecule has 3 aromatic heterocycles. The fraction of sp³-hybridized carbons (Fsp3) is 0.318. The molecule has 3 heterocycles. The molecule has 0 spiro atoms. The maximum absolute atomic E-state index is 14.7. The van der Waals surface area contributed by atoms with Gasteiger partial charge in [-0.2, -0.15) is 0 Å². The molecule has 31 heavy (non-hydrogen) atoms. The first kappa shape index (κ1) is 20.8. The van der Waals surface area contributed by atoms with Crippen molar-refractivity contribution in [1.82, 2.24) is 9.97 Å². The molecule has 8 nitrogen and oxygen atoms in total. The van der Waals surface area contributed by atoms with Gasteiger partial charge in [0.05, 0.1) is 5.56 Å². The van der Waals surface area contributed by atoms with Crippen LogP contribution in [-0.2, 0) is 0 Å². The Kier molecular flexibility index (Phi) is 5.85. The van der Waals surface area contributed by atoms with E-state index in [9.17, 15) is 9.18 Å². The van der Waals surface area contributed by atoms with Crippen molar-refractivity contribution < 1.29 is 13.6 Å². The highest BCUT2D eigenvalue weighted by molar-refractivity contribution is 5.98. The molecule has 6 N–H and O–H groups in total. The molecule has 0 bridgehead atoms. The van der Waals surface area contributed by atoms with E-state index >= 15 is 0 Å². The Balaban J connectivity index is 1.64. The summed E-state index contributed by atoms with van der Waals surface area (Å²) in [5.41, 5.74) is 12.8. The summed E-state index contributed by atoms with van der Waals surface area (Å²) in [4.78, 5) is 20.6. The molecular formula is C22H25FN6O2. The quantitative estimate of drug-likeness (QED) is 0.474. The number of anilines is 3. The fourth-order valence-electron chi connectivity index (χ4n) is 3.74. The molecule has 1 unspecified atom stereocenters. The normalized spacial score (nSPS) is 18.5. The Morgan fingerprint density at radius 2 is 2.00 bits per heavy atom. The summed E-state index contributed by atoms with van der Waals surface area (Å²) in [6, 6.07) is 8.04. The number of aromatic nitrogens is 2. The lowest BCUT2D eigenvalue weighted by Crippen LogP contribution is -2.43. The number of primary amides is 1.